The number of rotatable bonds is 1. The van der Waals surface area contributed by atoms with Crippen molar-refractivity contribution in [2.24, 2.45) is 0 Å². The van der Waals surface area contributed by atoms with Crippen LogP contribution in [0.4, 0.5) is 22.7 Å². The van der Waals surface area contributed by atoms with Gasteiger partial charge in [0.25, 0.3) is 0 Å². The monoisotopic (exact) mass is 316 g/mol. The molecule has 1 atom stereocenters. The molecule has 0 aromatic heterocycles. The van der Waals surface area contributed by atoms with E-state index in [1.807, 2.05) is 13.1 Å². The molecule has 2 aromatic carbocycles. The predicted molar refractivity (Wildman–Crippen MR) is 98.1 cm³/mol. The van der Waals surface area contributed by atoms with Crippen molar-refractivity contribution < 1.29 is 0 Å². The van der Waals surface area contributed by atoms with Crippen molar-refractivity contribution >= 4 is 22.7 Å². The maximum absolute atomic E-state index is 9.54. The van der Waals surface area contributed by atoms with E-state index in [4.69, 9.17) is 6.57 Å². The first-order valence-corrected chi connectivity index (χ1v) is 7.95. The van der Waals surface area contributed by atoms with Gasteiger partial charge in [0.1, 0.15) is 12.2 Å². The molecule has 1 heterocycles. The van der Waals surface area contributed by atoms with E-state index in [1.54, 1.807) is 6.07 Å². The Balaban J connectivity index is 2.34. The average molecular weight is 316 g/mol. The van der Waals surface area contributed by atoms with Crippen molar-refractivity contribution in [2.45, 2.75) is 33.9 Å². The molecule has 0 saturated heterocycles. The lowest BCUT2D eigenvalue weighted by Gasteiger charge is -2.31. The minimum absolute atomic E-state index is 0.0762. The molecule has 0 fully saturated rings. The highest BCUT2D eigenvalue weighted by molar-refractivity contribution is 5.91. The second kappa shape index (κ2) is 5.58. The molecule has 24 heavy (non-hydrogen) atoms. The third-order valence-electron chi connectivity index (χ3n) is 5.01. The van der Waals surface area contributed by atoms with Crippen LogP contribution in [0.1, 0.15) is 29.2 Å². The van der Waals surface area contributed by atoms with Crippen LogP contribution in [0, 0.1) is 38.7 Å². The topological polar surface area (TPSA) is 34.6 Å². The molecule has 2 aromatic rings. The average Bonchev–Trinajstić information content (AvgIpc) is 2.83. The first-order valence-electron chi connectivity index (χ1n) is 7.95. The molecule has 0 unspecified atom stereocenters. The lowest BCUT2D eigenvalue weighted by Crippen LogP contribution is -2.36. The van der Waals surface area contributed by atoms with Crippen molar-refractivity contribution in [3.05, 3.63) is 57.9 Å². The molecule has 0 aliphatic carbocycles. The zero-order valence-electron chi connectivity index (χ0n) is 14.7. The summed E-state index contributed by atoms with van der Waals surface area (Å²) in [6, 6.07) is 10.1. The van der Waals surface area contributed by atoms with Gasteiger partial charge in [-0.1, -0.05) is 12.1 Å². The largest absolute Gasteiger partial charge is 0.352 e. The van der Waals surface area contributed by atoms with E-state index in [9.17, 15) is 5.26 Å². The van der Waals surface area contributed by atoms with E-state index in [1.165, 1.54) is 22.4 Å². The van der Waals surface area contributed by atoms with E-state index in [0.717, 1.165) is 11.4 Å². The summed E-state index contributed by atoms with van der Waals surface area (Å²) >= 11 is 0. The van der Waals surface area contributed by atoms with Crippen molar-refractivity contribution in [3.63, 3.8) is 0 Å². The van der Waals surface area contributed by atoms with E-state index in [-0.39, 0.29) is 6.17 Å². The van der Waals surface area contributed by atoms with Gasteiger partial charge >= 0.3 is 0 Å². The Kier molecular flexibility index (Phi) is 3.70. The van der Waals surface area contributed by atoms with E-state index in [2.05, 4.69) is 60.5 Å². The Morgan fingerprint density at radius 2 is 1.79 bits per heavy atom. The molecular weight excluding hydrogens is 296 g/mol. The number of benzene rings is 2. The fourth-order valence-corrected chi connectivity index (χ4v) is 3.48. The standard InChI is InChI=1S/C20H20N4/c1-12-7-8-13(2)19(14(12)3)24-15(4)23(6)20-16(11-21)9-17(22-5)10-18(20)24/h7-10,15H,1-4,6H3/t15-/m0/s1. The highest BCUT2D eigenvalue weighted by atomic mass is 15.4. The summed E-state index contributed by atoms with van der Waals surface area (Å²) in [5.41, 5.74) is 7.72. The fraction of sp³-hybridized carbons (Fsp3) is 0.300. The van der Waals surface area contributed by atoms with Gasteiger partial charge in [-0.2, -0.15) is 5.26 Å². The molecule has 0 spiro atoms. The summed E-state index contributed by atoms with van der Waals surface area (Å²) in [7, 11) is 2.00. The Morgan fingerprint density at radius 3 is 2.42 bits per heavy atom. The van der Waals surface area contributed by atoms with Crippen LogP contribution < -0.4 is 9.80 Å². The van der Waals surface area contributed by atoms with Crippen LogP contribution >= 0.6 is 0 Å². The molecule has 4 heteroatoms. The number of fused-ring (bicyclic) bond motifs is 1. The first-order chi connectivity index (χ1) is 11.4. The van der Waals surface area contributed by atoms with Crippen molar-refractivity contribution in [1.29, 1.82) is 5.26 Å². The molecule has 4 nitrogen and oxygen atoms in total. The predicted octanol–water partition coefficient (Wildman–Crippen LogP) is 4.97. The molecule has 0 N–H and O–H groups in total. The van der Waals surface area contributed by atoms with Gasteiger partial charge in [0.2, 0.25) is 0 Å². The van der Waals surface area contributed by atoms with Crippen LogP contribution in [0.5, 0.6) is 0 Å². The summed E-state index contributed by atoms with van der Waals surface area (Å²) in [5, 5.41) is 9.54. The summed E-state index contributed by atoms with van der Waals surface area (Å²) in [6.07, 6.45) is 0.0762. The van der Waals surface area contributed by atoms with E-state index in [0.29, 0.717) is 11.3 Å². The van der Waals surface area contributed by atoms with Crippen LogP contribution in [-0.4, -0.2) is 13.2 Å². The Bertz CT molecular complexity index is 915. The highest BCUT2D eigenvalue weighted by Gasteiger charge is 2.35. The highest BCUT2D eigenvalue weighted by Crippen LogP contribution is 2.48. The zero-order valence-corrected chi connectivity index (χ0v) is 14.7. The van der Waals surface area contributed by atoms with Gasteiger partial charge in [-0.3, -0.25) is 0 Å². The van der Waals surface area contributed by atoms with Gasteiger partial charge in [-0.05, 0) is 56.5 Å². The molecule has 0 amide bonds. The van der Waals surface area contributed by atoms with Crippen molar-refractivity contribution in [3.8, 4) is 6.07 Å². The molecule has 120 valence electrons. The maximum Gasteiger partial charge on any atom is 0.190 e. The van der Waals surface area contributed by atoms with Crippen LogP contribution in [0.15, 0.2) is 24.3 Å². The van der Waals surface area contributed by atoms with Gasteiger partial charge in [0.15, 0.2) is 5.69 Å². The van der Waals surface area contributed by atoms with E-state index < -0.39 is 0 Å². The summed E-state index contributed by atoms with van der Waals surface area (Å²) in [6.45, 7) is 15.8. The molecular formula is C20H20N4. The Hall–Kier alpha value is -2.98. The zero-order chi connectivity index (χ0) is 17.6. The first kappa shape index (κ1) is 15.9. The van der Waals surface area contributed by atoms with Gasteiger partial charge in [0, 0.05) is 12.7 Å². The molecule has 0 saturated carbocycles. The number of hydrogen-bond acceptors (Lipinski definition) is 3. The van der Waals surface area contributed by atoms with E-state index >= 15 is 0 Å². The summed E-state index contributed by atoms with van der Waals surface area (Å²) in [4.78, 5) is 7.92. The normalized spacial score (nSPS) is 15.9. The van der Waals surface area contributed by atoms with Gasteiger partial charge in [0.05, 0.1) is 23.5 Å². The lowest BCUT2D eigenvalue weighted by atomic mass is 10.0. The number of aryl methyl sites for hydroxylation is 2. The molecule has 1 aliphatic heterocycles. The molecule has 0 radical (unpaired) electrons. The van der Waals surface area contributed by atoms with Crippen LogP contribution in [0.2, 0.25) is 0 Å². The Labute approximate surface area is 143 Å². The fourth-order valence-electron chi connectivity index (χ4n) is 3.48. The van der Waals surface area contributed by atoms with Gasteiger partial charge in [-0.25, -0.2) is 4.85 Å². The third-order valence-corrected chi connectivity index (χ3v) is 5.01. The second-order valence-corrected chi connectivity index (χ2v) is 6.37. The Morgan fingerprint density at radius 1 is 1.12 bits per heavy atom. The van der Waals surface area contributed by atoms with Crippen LogP contribution in [0.25, 0.3) is 4.85 Å². The molecule has 3 rings (SSSR count). The summed E-state index contributed by atoms with van der Waals surface area (Å²) in [5.74, 6) is 0. The van der Waals surface area contributed by atoms with Gasteiger partial charge in [-0.15, -0.1) is 0 Å². The number of hydrogen-bond donors (Lipinski definition) is 0. The lowest BCUT2D eigenvalue weighted by molar-refractivity contribution is 0.730. The second-order valence-electron chi connectivity index (χ2n) is 6.37. The minimum atomic E-state index is 0.0762. The van der Waals surface area contributed by atoms with Crippen LogP contribution in [-0.2, 0) is 0 Å². The number of anilines is 3. The molecule has 0 bridgehead atoms. The van der Waals surface area contributed by atoms with Crippen molar-refractivity contribution in [2.75, 3.05) is 16.8 Å². The van der Waals surface area contributed by atoms with Crippen molar-refractivity contribution in [1.82, 2.24) is 0 Å². The third kappa shape index (κ3) is 2.12. The SMILES string of the molecule is [C-]#[N+]c1cc(C#N)c2c(c1)N(c1c(C)ccc(C)c1C)[C@@H](C)N2C. The quantitative estimate of drug-likeness (QED) is 0.697. The minimum Gasteiger partial charge on any atom is -0.352 e. The molecule has 1 aliphatic rings. The number of nitrogens with zero attached hydrogens (tertiary/aromatic N) is 4. The van der Waals surface area contributed by atoms with Gasteiger partial charge < -0.3 is 9.80 Å². The number of nitriles is 1. The maximum atomic E-state index is 9.54. The summed E-state index contributed by atoms with van der Waals surface area (Å²) < 4.78 is 0. The smallest absolute Gasteiger partial charge is 0.190 e. The van der Waals surface area contributed by atoms with Crippen LogP contribution in [0.3, 0.4) is 0 Å².